The number of anilines is 1. The Morgan fingerprint density at radius 3 is 2.58 bits per heavy atom. The summed E-state index contributed by atoms with van der Waals surface area (Å²) in [5.74, 6) is -1.19. The Kier molecular flexibility index (Phi) is 3.96. The van der Waals surface area contributed by atoms with Crippen molar-refractivity contribution in [1.82, 2.24) is 4.98 Å². The molecule has 24 heavy (non-hydrogen) atoms. The molecule has 8 heteroatoms. The Morgan fingerprint density at radius 1 is 1.12 bits per heavy atom. The number of carbonyl (C=O) groups is 1. The van der Waals surface area contributed by atoms with Gasteiger partial charge in [0, 0.05) is 22.8 Å². The molecular formula is C16H9ClF4N2O. The minimum Gasteiger partial charge on any atom is -0.360 e. The van der Waals surface area contributed by atoms with Crippen molar-refractivity contribution in [1.29, 1.82) is 0 Å². The van der Waals surface area contributed by atoms with Crippen molar-refractivity contribution < 1.29 is 22.4 Å². The lowest BCUT2D eigenvalue weighted by atomic mass is 10.1. The van der Waals surface area contributed by atoms with E-state index in [1.165, 1.54) is 30.5 Å². The van der Waals surface area contributed by atoms with Gasteiger partial charge in [-0.05, 0) is 36.4 Å². The van der Waals surface area contributed by atoms with Gasteiger partial charge in [0.05, 0.1) is 16.1 Å². The third-order valence-electron chi connectivity index (χ3n) is 3.42. The van der Waals surface area contributed by atoms with Gasteiger partial charge in [-0.15, -0.1) is 0 Å². The summed E-state index contributed by atoms with van der Waals surface area (Å²) in [5.41, 5.74) is -0.462. The number of H-pyrrole nitrogens is 1. The van der Waals surface area contributed by atoms with E-state index in [4.69, 9.17) is 11.6 Å². The molecule has 124 valence electrons. The number of amides is 1. The second-order valence-electron chi connectivity index (χ2n) is 5.04. The molecule has 0 aliphatic carbocycles. The van der Waals surface area contributed by atoms with Crippen LogP contribution in [0.5, 0.6) is 0 Å². The monoisotopic (exact) mass is 356 g/mol. The summed E-state index contributed by atoms with van der Waals surface area (Å²) in [6.45, 7) is 0. The molecule has 0 bridgehead atoms. The molecule has 3 nitrogen and oxygen atoms in total. The van der Waals surface area contributed by atoms with Crippen molar-refractivity contribution in [3.63, 3.8) is 0 Å². The highest BCUT2D eigenvalue weighted by molar-refractivity contribution is 6.31. The highest BCUT2D eigenvalue weighted by Crippen LogP contribution is 2.36. The van der Waals surface area contributed by atoms with Gasteiger partial charge in [0.25, 0.3) is 5.91 Å². The van der Waals surface area contributed by atoms with Crippen LogP contribution in [0.3, 0.4) is 0 Å². The summed E-state index contributed by atoms with van der Waals surface area (Å²) in [6, 6.07) is 6.92. The number of hydrogen-bond donors (Lipinski definition) is 2. The number of rotatable bonds is 2. The average Bonchev–Trinajstić information content (AvgIpc) is 2.91. The first kappa shape index (κ1) is 16.3. The molecule has 1 amide bonds. The first-order valence-electron chi connectivity index (χ1n) is 6.70. The van der Waals surface area contributed by atoms with E-state index in [-0.39, 0.29) is 11.3 Å². The van der Waals surface area contributed by atoms with Gasteiger partial charge in [0.1, 0.15) is 5.82 Å². The van der Waals surface area contributed by atoms with Crippen LogP contribution in [0, 0.1) is 5.82 Å². The maximum atomic E-state index is 13.3. The molecule has 1 heterocycles. The first-order valence-corrected chi connectivity index (χ1v) is 7.08. The number of halogens is 5. The molecule has 0 atom stereocenters. The highest BCUT2D eigenvalue weighted by Gasteiger charge is 2.33. The fourth-order valence-electron chi connectivity index (χ4n) is 2.30. The first-order chi connectivity index (χ1) is 11.3. The Balaban J connectivity index is 1.93. The van der Waals surface area contributed by atoms with Gasteiger partial charge in [-0.25, -0.2) is 4.39 Å². The van der Waals surface area contributed by atoms with E-state index in [2.05, 4.69) is 10.3 Å². The number of hydrogen-bond acceptors (Lipinski definition) is 1. The van der Waals surface area contributed by atoms with Crippen LogP contribution in [0.2, 0.25) is 5.02 Å². The average molecular weight is 357 g/mol. The Bertz CT molecular complexity index is 933. The summed E-state index contributed by atoms with van der Waals surface area (Å²) >= 11 is 5.53. The maximum absolute atomic E-state index is 13.3. The second-order valence-corrected chi connectivity index (χ2v) is 5.45. The lowest BCUT2D eigenvalue weighted by Gasteiger charge is -2.11. The number of alkyl halides is 3. The number of carbonyl (C=O) groups excluding carboxylic acids is 1. The zero-order valence-electron chi connectivity index (χ0n) is 11.8. The van der Waals surface area contributed by atoms with Crippen molar-refractivity contribution in [3.05, 3.63) is 64.6 Å². The highest BCUT2D eigenvalue weighted by atomic mass is 35.5. The quantitative estimate of drug-likeness (QED) is 0.607. The minimum atomic E-state index is -4.64. The van der Waals surface area contributed by atoms with E-state index in [1.54, 1.807) is 0 Å². The van der Waals surface area contributed by atoms with Crippen LogP contribution < -0.4 is 5.32 Å². The van der Waals surface area contributed by atoms with Crippen LogP contribution in [0.15, 0.2) is 42.6 Å². The van der Waals surface area contributed by atoms with Gasteiger partial charge in [0.2, 0.25) is 0 Å². The van der Waals surface area contributed by atoms with Gasteiger partial charge in [0.15, 0.2) is 0 Å². The van der Waals surface area contributed by atoms with Crippen LogP contribution in [0.1, 0.15) is 15.9 Å². The zero-order valence-corrected chi connectivity index (χ0v) is 12.6. The Morgan fingerprint density at radius 2 is 1.88 bits per heavy atom. The predicted molar refractivity (Wildman–Crippen MR) is 82.7 cm³/mol. The van der Waals surface area contributed by atoms with Crippen molar-refractivity contribution in [3.8, 4) is 0 Å². The lowest BCUT2D eigenvalue weighted by molar-refractivity contribution is -0.137. The third-order valence-corrected chi connectivity index (χ3v) is 3.75. The molecule has 3 rings (SSSR count). The summed E-state index contributed by atoms with van der Waals surface area (Å²) in [5, 5.41) is 2.22. The molecule has 3 aromatic rings. The molecular weight excluding hydrogens is 348 g/mol. The van der Waals surface area contributed by atoms with E-state index in [1.807, 2.05) is 0 Å². The summed E-state index contributed by atoms with van der Waals surface area (Å²) in [4.78, 5) is 15.1. The molecule has 2 aromatic carbocycles. The molecule has 0 fully saturated rings. The number of aromatic amines is 1. The van der Waals surface area contributed by atoms with Crippen LogP contribution in [0.25, 0.3) is 10.9 Å². The Labute approximate surface area is 138 Å². The van der Waals surface area contributed by atoms with Crippen LogP contribution in [0.4, 0.5) is 23.2 Å². The maximum Gasteiger partial charge on any atom is 0.417 e. The van der Waals surface area contributed by atoms with Crippen molar-refractivity contribution in [2.24, 2.45) is 0 Å². The van der Waals surface area contributed by atoms with Crippen LogP contribution in [-0.2, 0) is 6.18 Å². The topological polar surface area (TPSA) is 44.9 Å². The van der Waals surface area contributed by atoms with Gasteiger partial charge in [-0.3, -0.25) is 4.79 Å². The molecule has 0 saturated carbocycles. The third kappa shape index (κ3) is 3.07. The smallest absolute Gasteiger partial charge is 0.360 e. The number of fused-ring (bicyclic) bond motifs is 1. The number of aromatic nitrogens is 1. The molecule has 0 radical (unpaired) electrons. The summed E-state index contributed by atoms with van der Waals surface area (Å²) in [7, 11) is 0. The molecule has 0 unspecified atom stereocenters. The van der Waals surface area contributed by atoms with E-state index in [0.29, 0.717) is 10.9 Å². The number of nitrogens with one attached hydrogen (secondary N) is 2. The van der Waals surface area contributed by atoms with E-state index in [0.717, 1.165) is 12.1 Å². The van der Waals surface area contributed by atoms with E-state index < -0.39 is 28.5 Å². The fraction of sp³-hybridized carbons (Fsp3) is 0.0625. The van der Waals surface area contributed by atoms with Gasteiger partial charge < -0.3 is 10.3 Å². The molecule has 1 aromatic heterocycles. The molecule has 0 aliphatic heterocycles. The van der Waals surface area contributed by atoms with Crippen molar-refractivity contribution in [2.45, 2.75) is 6.18 Å². The zero-order chi connectivity index (χ0) is 17.5. The van der Waals surface area contributed by atoms with Crippen molar-refractivity contribution >= 4 is 34.1 Å². The van der Waals surface area contributed by atoms with Crippen molar-refractivity contribution in [2.75, 3.05) is 5.32 Å². The predicted octanol–water partition coefficient (Wildman–Crippen LogP) is 5.23. The molecule has 2 N–H and O–H groups in total. The summed E-state index contributed by atoms with van der Waals surface area (Å²) < 4.78 is 51.9. The van der Waals surface area contributed by atoms with E-state index in [9.17, 15) is 22.4 Å². The molecule has 0 spiro atoms. The lowest BCUT2D eigenvalue weighted by Crippen LogP contribution is -2.13. The summed E-state index contributed by atoms with van der Waals surface area (Å²) in [6.07, 6.45) is -3.28. The van der Waals surface area contributed by atoms with Gasteiger partial charge in [-0.1, -0.05) is 11.6 Å². The largest absolute Gasteiger partial charge is 0.417 e. The molecule has 0 aliphatic rings. The van der Waals surface area contributed by atoms with E-state index >= 15 is 0 Å². The molecule has 0 saturated heterocycles. The normalized spacial score (nSPS) is 11.7. The Hall–Kier alpha value is -2.54. The second kappa shape index (κ2) is 5.83. The van der Waals surface area contributed by atoms with Gasteiger partial charge >= 0.3 is 6.18 Å². The standard InChI is InChI=1S/C16H9ClF4N2O/c17-13-3-2-9(6-12(13)16(19,20)21)23-15(24)11-7-22-14-4-1-8(18)5-10(11)14/h1-7,22H,(H,23,24). The van der Waals surface area contributed by atoms with Gasteiger partial charge in [-0.2, -0.15) is 13.2 Å². The fourth-order valence-corrected chi connectivity index (χ4v) is 2.52. The van der Waals surface area contributed by atoms with Crippen LogP contribution >= 0.6 is 11.6 Å². The van der Waals surface area contributed by atoms with Crippen LogP contribution in [-0.4, -0.2) is 10.9 Å². The minimum absolute atomic E-state index is 0.0671. The number of benzene rings is 2. The SMILES string of the molecule is O=C(Nc1ccc(Cl)c(C(F)(F)F)c1)c1c[nH]c2ccc(F)cc12.